The third-order valence-electron chi connectivity index (χ3n) is 2.94. The van der Waals surface area contributed by atoms with Gasteiger partial charge in [0.25, 0.3) is 0 Å². The lowest BCUT2D eigenvalue weighted by Gasteiger charge is -2.23. The molecule has 0 aromatic carbocycles. The third-order valence-corrected chi connectivity index (χ3v) is 2.94. The highest BCUT2D eigenvalue weighted by atomic mass is 16.5. The minimum absolute atomic E-state index is 0.0590. The van der Waals surface area contributed by atoms with E-state index >= 15 is 0 Å². The van der Waals surface area contributed by atoms with Gasteiger partial charge in [0.1, 0.15) is 0 Å². The third kappa shape index (κ3) is 4.73. The lowest BCUT2D eigenvalue weighted by Crippen LogP contribution is -2.42. The van der Waals surface area contributed by atoms with Crippen molar-refractivity contribution in [2.45, 2.75) is 32.7 Å². The Morgan fingerprint density at radius 2 is 1.88 bits per heavy atom. The summed E-state index contributed by atoms with van der Waals surface area (Å²) < 4.78 is 4.91. The Hall–Kier alpha value is -1.10. The average molecular weight is 242 g/mol. The van der Waals surface area contributed by atoms with Crippen molar-refractivity contribution < 1.29 is 14.3 Å². The van der Waals surface area contributed by atoms with E-state index in [4.69, 9.17) is 4.74 Å². The van der Waals surface area contributed by atoms with Crippen molar-refractivity contribution in [3.63, 3.8) is 0 Å². The van der Waals surface area contributed by atoms with Crippen LogP contribution in [0.3, 0.4) is 0 Å². The standard InChI is InChI=1S/C12H22N2O3/c1-4-13(3)11(15)8-14(10-6-7-10)9-12(16)17-5-2/h10H,4-9H2,1-3H3. The van der Waals surface area contributed by atoms with Gasteiger partial charge in [0.05, 0.1) is 19.7 Å². The lowest BCUT2D eigenvalue weighted by atomic mass is 10.4. The van der Waals surface area contributed by atoms with Crippen molar-refractivity contribution in [1.29, 1.82) is 0 Å². The average Bonchev–Trinajstić information content (AvgIpc) is 3.11. The Labute approximate surface area is 103 Å². The first kappa shape index (κ1) is 14.0. The SMILES string of the molecule is CCOC(=O)CN(CC(=O)N(C)CC)C1CC1. The van der Waals surface area contributed by atoms with Gasteiger partial charge in [-0.05, 0) is 26.7 Å². The van der Waals surface area contributed by atoms with E-state index in [9.17, 15) is 9.59 Å². The summed E-state index contributed by atoms with van der Waals surface area (Å²) in [5.74, 6) is -0.185. The molecule has 0 aromatic heterocycles. The van der Waals surface area contributed by atoms with E-state index < -0.39 is 0 Å². The zero-order chi connectivity index (χ0) is 12.8. The molecule has 5 nitrogen and oxygen atoms in total. The van der Waals surface area contributed by atoms with Gasteiger partial charge >= 0.3 is 5.97 Å². The fraction of sp³-hybridized carbons (Fsp3) is 0.833. The van der Waals surface area contributed by atoms with E-state index in [0.717, 1.165) is 12.8 Å². The van der Waals surface area contributed by atoms with Crippen molar-refractivity contribution in [2.24, 2.45) is 0 Å². The maximum atomic E-state index is 11.8. The van der Waals surface area contributed by atoms with Crippen molar-refractivity contribution in [3.05, 3.63) is 0 Å². The summed E-state index contributed by atoms with van der Waals surface area (Å²) in [6, 6.07) is 0.383. The largest absolute Gasteiger partial charge is 0.465 e. The molecule has 5 heteroatoms. The van der Waals surface area contributed by atoms with Crippen LogP contribution >= 0.6 is 0 Å². The highest BCUT2D eigenvalue weighted by Gasteiger charge is 2.32. The minimum atomic E-state index is -0.244. The van der Waals surface area contributed by atoms with E-state index in [1.54, 1.807) is 18.9 Å². The summed E-state index contributed by atoms with van der Waals surface area (Å²) in [7, 11) is 1.78. The molecule has 0 spiro atoms. The normalized spacial score (nSPS) is 14.8. The molecule has 1 rings (SSSR count). The van der Waals surface area contributed by atoms with Gasteiger partial charge in [0, 0.05) is 19.6 Å². The van der Waals surface area contributed by atoms with Gasteiger partial charge in [-0.3, -0.25) is 14.5 Å². The number of carbonyl (C=O) groups excluding carboxylic acids is 2. The predicted molar refractivity (Wildman–Crippen MR) is 64.5 cm³/mol. The molecule has 0 unspecified atom stereocenters. The van der Waals surface area contributed by atoms with Crippen LogP contribution in [0.15, 0.2) is 0 Å². The fourth-order valence-corrected chi connectivity index (χ4v) is 1.60. The van der Waals surface area contributed by atoms with Crippen LogP contribution in [0.1, 0.15) is 26.7 Å². The highest BCUT2D eigenvalue weighted by molar-refractivity contribution is 5.79. The topological polar surface area (TPSA) is 49.9 Å². The number of ether oxygens (including phenoxy) is 1. The summed E-state index contributed by atoms with van der Waals surface area (Å²) >= 11 is 0. The van der Waals surface area contributed by atoms with Crippen molar-refractivity contribution in [2.75, 3.05) is 33.3 Å². The molecular weight excluding hydrogens is 220 g/mol. The van der Waals surface area contributed by atoms with Gasteiger partial charge < -0.3 is 9.64 Å². The van der Waals surface area contributed by atoms with Crippen LogP contribution in [0, 0.1) is 0 Å². The van der Waals surface area contributed by atoms with E-state index in [2.05, 4.69) is 0 Å². The minimum Gasteiger partial charge on any atom is -0.465 e. The molecule has 0 bridgehead atoms. The van der Waals surface area contributed by atoms with Crippen LogP contribution in [-0.2, 0) is 14.3 Å². The van der Waals surface area contributed by atoms with Crippen LogP contribution in [0.2, 0.25) is 0 Å². The number of hydrogen-bond donors (Lipinski definition) is 0. The summed E-state index contributed by atoms with van der Waals surface area (Å²) in [5, 5.41) is 0. The van der Waals surface area contributed by atoms with Crippen molar-refractivity contribution in [1.82, 2.24) is 9.80 Å². The molecule has 0 atom stereocenters. The smallest absolute Gasteiger partial charge is 0.320 e. The van der Waals surface area contributed by atoms with Crippen LogP contribution < -0.4 is 0 Å². The van der Waals surface area contributed by atoms with Gasteiger partial charge in [0.2, 0.25) is 5.91 Å². The maximum absolute atomic E-state index is 11.8. The van der Waals surface area contributed by atoms with E-state index in [1.807, 2.05) is 11.8 Å². The second-order valence-electron chi connectivity index (χ2n) is 4.35. The molecule has 17 heavy (non-hydrogen) atoms. The van der Waals surface area contributed by atoms with E-state index in [0.29, 0.717) is 25.7 Å². The number of nitrogens with zero attached hydrogens (tertiary/aromatic N) is 2. The molecule has 1 amide bonds. The first-order valence-electron chi connectivity index (χ1n) is 6.22. The van der Waals surface area contributed by atoms with Gasteiger partial charge in [-0.1, -0.05) is 0 Å². The zero-order valence-electron chi connectivity index (χ0n) is 10.9. The van der Waals surface area contributed by atoms with Crippen molar-refractivity contribution in [3.8, 4) is 0 Å². The summed E-state index contributed by atoms with van der Waals surface area (Å²) in [5.41, 5.74) is 0. The van der Waals surface area contributed by atoms with E-state index in [-0.39, 0.29) is 18.4 Å². The number of rotatable bonds is 7. The fourth-order valence-electron chi connectivity index (χ4n) is 1.60. The highest BCUT2D eigenvalue weighted by Crippen LogP contribution is 2.26. The van der Waals surface area contributed by atoms with Gasteiger partial charge in [-0.15, -0.1) is 0 Å². The molecule has 0 N–H and O–H groups in total. The molecule has 1 saturated carbocycles. The number of esters is 1. The van der Waals surface area contributed by atoms with Crippen LogP contribution in [0.5, 0.6) is 0 Å². The van der Waals surface area contributed by atoms with Crippen molar-refractivity contribution >= 4 is 11.9 Å². The first-order chi connectivity index (χ1) is 8.08. The Morgan fingerprint density at radius 1 is 1.24 bits per heavy atom. The second-order valence-corrected chi connectivity index (χ2v) is 4.35. The zero-order valence-corrected chi connectivity index (χ0v) is 10.9. The Bertz CT molecular complexity index is 277. The molecule has 98 valence electrons. The predicted octanol–water partition coefficient (Wildman–Crippen LogP) is 0.492. The molecule has 1 aliphatic carbocycles. The quantitative estimate of drug-likeness (QED) is 0.610. The van der Waals surface area contributed by atoms with Crippen LogP contribution in [0.25, 0.3) is 0 Å². The number of hydrogen-bond acceptors (Lipinski definition) is 4. The molecular formula is C12H22N2O3. The van der Waals surface area contributed by atoms with Crippen LogP contribution in [-0.4, -0.2) is 61.0 Å². The lowest BCUT2D eigenvalue weighted by molar-refractivity contribution is -0.145. The molecule has 1 fully saturated rings. The Morgan fingerprint density at radius 3 is 2.35 bits per heavy atom. The number of likely N-dealkylation sites (N-methyl/N-ethyl adjacent to an activating group) is 1. The molecule has 0 aromatic rings. The van der Waals surface area contributed by atoms with Gasteiger partial charge in [-0.25, -0.2) is 0 Å². The Balaban J connectivity index is 2.43. The number of carbonyl (C=O) groups is 2. The maximum Gasteiger partial charge on any atom is 0.320 e. The second kappa shape index (κ2) is 6.59. The number of amides is 1. The summed E-state index contributed by atoms with van der Waals surface area (Å²) in [6.07, 6.45) is 2.14. The molecule has 0 aliphatic heterocycles. The van der Waals surface area contributed by atoms with Gasteiger partial charge in [-0.2, -0.15) is 0 Å². The first-order valence-corrected chi connectivity index (χ1v) is 6.22. The molecule has 0 radical (unpaired) electrons. The van der Waals surface area contributed by atoms with E-state index in [1.165, 1.54) is 0 Å². The molecule has 0 saturated heterocycles. The van der Waals surface area contributed by atoms with Crippen LogP contribution in [0.4, 0.5) is 0 Å². The molecule has 1 aliphatic rings. The summed E-state index contributed by atoms with van der Waals surface area (Å²) in [4.78, 5) is 26.8. The summed E-state index contributed by atoms with van der Waals surface area (Å²) in [6.45, 7) is 5.34. The van der Waals surface area contributed by atoms with Gasteiger partial charge in [0.15, 0.2) is 0 Å². The molecule has 0 heterocycles. The monoisotopic (exact) mass is 242 g/mol. The Kier molecular flexibility index (Phi) is 5.41.